The minimum atomic E-state index is -0.557. The summed E-state index contributed by atoms with van der Waals surface area (Å²) in [6.45, 7) is 5.09. The molecule has 0 fully saturated rings. The molecule has 0 radical (unpaired) electrons. The number of likely N-dealkylation sites (N-methyl/N-ethyl adjacent to an activating group) is 1. The number of aromatic nitrogens is 4. The Bertz CT molecular complexity index is 1700. The van der Waals surface area contributed by atoms with E-state index in [1.807, 2.05) is 69.2 Å². The van der Waals surface area contributed by atoms with E-state index in [1.165, 1.54) is 6.08 Å². The van der Waals surface area contributed by atoms with E-state index in [4.69, 9.17) is 0 Å². The fourth-order valence-electron chi connectivity index (χ4n) is 5.13. The second-order valence-electron chi connectivity index (χ2n) is 11.6. The van der Waals surface area contributed by atoms with E-state index >= 15 is 0 Å². The van der Waals surface area contributed by atoms with E-state index in [1.54, 1.807) is 47.3 Å². The van der Waals surface area contributed by atoms with Gasteiger partial charge in [-0.15, -0.1) is 0 Å². The van der Waals surface area contributed by atoms with Crippen LogP contribution >= 0.6 is 0 Å². The minimum Gasteiger partial charge on any atom is -0.338 e. The van der Waals surface area contributed by atoms with E-state index in [0.717, 1.165) is 22.5 Å². The van der Waals surface area contributed by atoms with Crippen LogP contribution in [-0.2, 0) is 35.1 Å². The van der Waals surface area contributed by atoms with Crippen molar-refractivity contribution >= 4 is 40.6 Å². The highest BCUT2D eigenvalue weighted by Crippen LogP contribution is 2.41. The normalized spacial score (nSPS) is 13.7. The van der Waals surface area contributed by atoms with Crippen molar-refractivity contribution in [2.75, 3.05) is 36.6 Å². The van der Waals surface area contributed by atoms with Crippen LogP contribution in [0.4, 0.5) is 22.9 Å². The number of hydrogen-bond donors (Lipinski definition) is 4. The second kappa shape index (κ2) is 12.6. The van der Waals surface area contributed by atoms with Crippen molar-refractivity contribution in [1.29, 1.82) is 0 Å². The third-order valence-corrected chi connectivity index (χ3v) is 7.42. The van der Waals surface area contributed by atoms with E-state index in [-0.39, 0.29) is 24.1 Å². The zero-order valence-corrected chi connectivity index (χ0v) is 25.5. The fraction of sp³-hybridized carbons (Fsp3) is 0.281. The van der Waals surface area contributed by atoms with Crippen molar-refractivity contribution < 1.29 is 14.4 Å². The number of H-pyrrole nitrogens is 1. The topological polar surface area (TPSA) is 140 Å². The number of hydrogen-bond acceptors (Lipinski definition) is 7. The lowest BCUT2D eigenvalue weighted by atomic mass is 10.00. The van der Waals surface area contributed by atoms with Gasteiger partial charge >= 0.3 is 0 Å². The van der Waals surface area contributed by atoms with Gasteiger partial charge in [0.15, 0.2) is 5.82 Å². The van der Waals surface area contributed by atoms with Crippen molar-refractivity contribution in [1.82, 2.24) is 29.8 Å². The zero-order valence-electron chi connectivity index (χ0n) is 25.5. The zero-order chi connectivity index (χ0) is 31.4. The molecule has 0 atom stereocenters. The fourth-order valence-corrected chi connectivity index (χ4v) is 5.13. The van der Waals surface area contributed by atoms with E-state index in [0.29, 0.717) is 35.8 Å². The van der Waals surface area contributed by atoms with Gasteiger partial charge in [0, 0.05) is 54.1 Å². The summed E-state index contributed by atoms with van der Waals surface area (Å²) in [5.74, 6) is 0.123. The molecule has 44 heavy (non-hydrogen) atoms. The van der Waals surface area contributed by atoms with Crippen LogP contribution in [0.2, 0.25) is 0 Å². The first-order valence-corrected chi connectivity index (χ1v) is 14.3. The predicted molar refractivity (Wildman–Crippen MR) is 170 cm³/mol. The Morgan fingerprint density at radius 1 is 1.05 bits per heavy atom. The Kier molecular flexibility index (Phi) is 8.63. The van der Waals surface area contributed by atoms with Crippen molar-refractivity contribution in [3.63, 3.8) is 0 Å². The molecule has 3 heterocycles. The van der Waals surface area contributed by atoms with Crippen LogP contribution in [-0.4, -0.2) is 68.1 Å². The van der Waals surface area contributed by atoms with Gasteiger partial charge in [0.05, 0.1) is 30.4 Å². The molecule has 0 unspecified atom stereocenters. The molecule has 0 bridgehead atoms. The van der Waals surface area contributed by atoms with Gasteiger partial charge in [-0.3, -0.25) is 24.2 Å². The third kappa shape index (κ3) is 6.87. The maximum atomic E-state index is 13.2. The number of fused-ring (bicyclic) bond motifs is 1. The highest BCUT2D eigenvalue weighted by molar-refractivity contribution is 6.05. The maximum Gasteiger partial charge on any atom is 0.255 e. The third-order valence-electron chi connectivity index (χ3n) is 7.42. The molecule has 0 saturated carbocycles. The molecule has 5 rings (SSSR count). The lowest BCUT2D eigenvalue weighted by Crippen LogP contribution is -2.41. The first-order valence-electron chi connectivity index (χ1n) is 14.3. The number of aryl methyl sites for hydroxylation is 1. The molecule has 12 heteroatoms. The van der Waals surface area contributed by atoms with E-state index in [9.17, 15) is 14.4 Å². The standard InChI is InChI=1S/C32H37N9O3/c1-32(2)29-26(20-41(32)28(43)16-21-18-33-40(5)19-21)30(38-37-29)35-24-8-6-9-25(17-24)36-31(44)22-11-13-23(14-12-22)34-27(42)10-7-15-39(3)4/h6-14,17-19H,15-16,20H2,1-5H3,(H,34,42)(H,36,44)(H2,35,37,38)/b10-7+. The first kappa shape index (κ1) is 30.2. The van der Waals surface area contributed by atoms with Crippen molar-refractivity contribution in [2.45, 2.75) is 32.4 Å². The molecule has 0 aliphatic carbocycles. The number of nitrogens with zero attached hydrogens (tertiary/aromatic N) is 5. The quantitative estimate of drug-likeness (QED) is 0.203. The van der Waals surface area contributed by atoms with Crippen LogP contribution in [0.25, 0.3) is 0 Å². The van der Waals surface area contributed by atoms with Gasteiger partial charge in [-0.25, -0.2) is 0 Å². The second-order valence-corrected chi connectivity index (χ2v) is 11.6. The van der Waals surface area contributed by atoms with Gasteiger partial charge in [-0.2, -0.15) is 10.2 Å². The van der Waals surface area contributed by atoms with E-state index < -0.39 is 5.54 Å². The smallest absolute Gasteiger partial charge is 0.255 e. The molecular formula is C32H37N9O3. The molecule has 0 spiro atoms. The minimum absolute atomic E-state index is 0.00974. The van der Waals surface area contributed by atoms with E-state index in [2.05, 4.69) is 31.2 Å². The number of anilines is 4. The number of amides is 3. The molecule has 3 amide bonds. The van der Waals surface area contributed by atoms with Gasteiger partial charge in [-0.05, 0) is 76.0 Å². The Labute approximate surface area is 256 Å². The van der Waals surface area contributed by atoms with Crippen LogP contribution in [0.3, 0.4) is 0 Å². The molecule has 12 nitrogen and oxygen atoms in total. The number of nitrogens with one attached hydrogen (secondary N) is 4. The van der Waals surface area contributed by atoms with Gasteiger partial charge in [-0.1, -0.05) is 12.1 Å². The Hall–Kier alpha value is -5.23. The van der Waals surface area contributed by atoms with Crippen LogP contribution in [0.5, 0.6) is 0 Å². The SMILES string of the molecule is CN(C)C/C=C/C(=O)Nc1ccc(C(=O)Nc2cccc(Nc3n[nH]c4c3CN(C(=O)Cc3cnn(C)c3)C4(C)C)c2)cc1. The molecule has 4 N–H and O–H groups in total. The highest BCUT2D eigenvalue weighted by Gasteiger charge is 2.43. The van der Waals surface area contributed by atoms with Crippen LogP contribution in [0.15, 0.2) is 73.1 Å². The Morgan fingerprint density at radius 2 is 1.80 bits per heavy atom. The summed E-state index contributed by atoms with van der Waals surface area (Å²) in [4.78, 5) is 42.1. The number of carbonyl (C=O) groups is 3. The number of benzene rings is 2. The van der Waals surface area contributed by atoms with Crippen molar-refractivity contribution in [3.05, 3.63) is 95.5 Å². The monoisotopic (exact) mass is 595 g/mol. The molecule has 1 aliphatic rings. The summed E-state index contributed by atoms with van der Waals surface area (Å²) in [7, 11) is 5.68. The molecule has 0 saturated heterocycles. The summed E-state index contributed by atoms with van der Waals surface area (Å²) in [6, 6.07) is 14.0. The lowest BCUT2D eigenvalue weighted by molar-refractivity contribution is -0.136. The van der Waals surface area contributed by atoms with Crippen LogP contribution in [0, 0.1) is 0 Å². The highest BCUT2D eigenvalue weighted by atomic mass is 16.2. The summed E-state index contributed by atoms with van der Waals surface area (Å²) in [6.07, 6.45) is 7.09. The van der Waals surface area contributed by atoms with Crippen molar-refractivity contribution in [2.24, 2.45) is 7.05 Å². The van der Waals surface area contributed by atoms with Crippen LogP contribution in [0.1, 0.15) is 41.0 Å². The van der Waals surface area contributed by atoms with Gasteiger partial charge in [0.25, 0.3) is 5.91 Å². The first-order chi connectivity index (χ1) is 21.0. The maximum absolute atomic E-state index is 13.2. The number of aromatic amines is 1. The average molecular weight is 596 g/mol. The predicted octanol–water partition coefficient (Wildman–Crippen LogP) is 4.02. The summed E-state index contributed by atoms with van der Waals surface area (Å²) in [5.41, 5.74) is 4.49. The van der Waals surface area contributed by atoms with Crippen LogP contribution < -0.4 is 16.0 Å². The Morgan fingerprint density at radius 3 is 2.50 bits per heavy atom. The average Bonchev–Trinajstić information content (AvgIpc) is 3.64. The molecule has 1 aliphatic heterocycles. The molecular weight excluding hydrogens is 558 g/mol. The number of carbonyl (C=O) groups excluding carboxylic acids is 3. The largest absolute Gasteiger partial charge is 0.338 e. The summed E-state index contributed by atoms with van der Waals surface area (Å²) >= 11 is 0. The summed E-state index contributed by atoms with van der Waals surface area (Å²) in [5, 5.41) is 20.8. The summed E-state index contributed by atoms with van der Waals surface area (Å²) < 4.78 is 1.69. The lowest BCUT2D eigenvalue weighted by Gasteiger charge is -2.31. The van der Waals surface area contributed by atoms with Crippen molar-refractivity contribution in [3.8, 4) is 0 Å². The van der Waals surface area contributed by atoms with Gasteiger partial charge in [0.1, 0.15) is 0 Å². The number of rotatable bonds is 10. The molecule has 4 aromatic rings. The molecule has 2 aromatic heterocycles. The van der Waals surface area contributed by atoms with Gasteiger partial charge < -0.3 is 25.8 Å². The molecule has 228 valence electrons. The Balaban J connectivity index is 1.21. The van der Waals surface area contributed by atoms with Gasteiger partial charge in [0.2, 0.25) is 11.8 Å². The molecule has 2 aromatic carbocycles.